The Morgan fingerprint density at radius 1 is 1.42 bits per heavy atom. The van der Waals surface area contributed by atoms with Crippen molar-refractivity contribution in [3.8, 4) is 0 Å². The lowest BCUT2D eigenvalue weighted by molar-refractivity contribution is -0.137. The maximum Gasteiger partial charge on any atom is 0.246 e. The van der Waals surface area contributed by atoms with Crippen LogP contribution in [0, 0.1) is 0 Å². The Labute approximate surface area is 112 Å². The molecule has 1 aromatic rings. The van der Waals surface area contributed by atoms with Gasteiger partial charge in [0.2, 0.25) is 11.8 Å². The first-order valence-electron chi connectivity index (χ1n) is 6.55. The first-order valence-corrected chi connectivity index (χ1v) is 6.55. The first kappa shape index (κ1) is 12.2. The van der Waals surface area contributed by atoms with Gasteiger partial charge in [0, 0.05) is 25.8 Å². The number of likely N-dealkylation sites (tertiary alicyclic amines) is 1. The number of carbonyl (C=O) groups excluding carboxylic acids is 2. The van der Waals surface area contributed by atoms with Gasteiger partial charge in [-0.15, -0.1) is 0 Å². The van der Waals surface area contributed by atoms with Crippen LogP contribution < -0.4 is 10.6 Å². The molecular formula is C14H17N3O2. The molecule has 2 N–H and O–H groups in total. The molecule has 2 aliphatic heterocycles. The van der Waals surface area contributed by atoms with E-state index in [-0.39, 0.29) is 24.3 Å². The molecule has 0 saturated carbocycles. The third-order valence-electron chi connectivity index (χ3n) is 3.85. The summed E-state index contributed by atoms with van der Waals surface area (Å²) in [5.74, 6) is -0.246. The third-order valence-corrected chi connectivity index (χ3v) is 3.85. The van der Waals surface area contributed by atoms with Crippen LogP contribution in [0.25, 0.3) is 0 Å². The van der Waals surface area contributed by atoms with E-state index in [0.717, 1.165) is 18.5 Å². The number of imide groups is 1. The molecule has 0 aromatic heterocycles. The van der Waals surface area contributed by atoms with Gasteiger partial charge in [0.25, 0.3) is 0 Å². The van der Waals surface area contributed by atoms with Gasteiger partial charge in [-0.2, -0.15) is 0 Å². The Kier molecular flexibility index (Phi) is 2.98. The lowest BCUT2D eigenvalue weighted by Gasteiger charge is -2.13. The molecule has 5 nitrogen and oxygen atoms in total. The molecule has 1 fully saturated rings. The molecule has 5 heteroatoms. The molecular weight excluding hydrogens is 242 g/mol. The molecule has 2 aliphatic rings. The molecule has 0 radical (unpaired) electrons. The van der Waals surface area contributed by atoms with Crippen molar-refractivity contribution in [1.82, 2.24) is 10.2 Å². The van der Waals surface area contributed by atoms with Crippen LogP contribution in [-0.2, 0) is 22.6 Å². The molecule has 1 saturated heterocycles. The van der Waals surface area contributed by atoms with E-state index in [0.29, 0.717) is 6.54 Å². The van der Waals surface area contributed by atoms with Crippen molar-refractivity contribution < 1.29 is 9.59 Å². The van der Waals surface area contributed by atoms with Crippen molar-refractivity contribution in [3.63, 3.8) is 0 Å². The highest BCUT2D eigenvalue weighted by Crippen LogP contribution is 2.26. The molecule has 0 spiro atoms. The second-order valence-electron chi connectivity index (χ2n) is 5.06. The average molecular weight is 259 g/mol. The predicted octanol–water partition coefficient (Wildman–Crippen LogP) is 0.501. The first-order chi connectivity index (χ1) is 9.16. The summed E-state index contributed by atoms with van der Waals surface area (Å²) in [5.41, 5.74) is 3.66. The Hall–Kier alpha value is -1.88. The summed E-state index contributed by atoms with van der Waals surface area (Å²) >= 11 is 0. The summed E-state index contributed by atoms with van der Waals surface area (Å²) in [6.07, 6.45) is 1.31. The largest absolute Gasteiger partial charge is 0.384 e. The van der Waals surface area contributed by atoms with Crippen molar-refractivity contribution in [2.45, 2.75) is 25.4 Å². The summed E-state index contributed by atoms with van der Waals surface area (Å²) < 4.78 is 0. The van der Waals surface area contributed by atoms with Gasteiger partial charge < -0.3 is 10.6 Å². The van der Waals surface area contributed by atoms with E-state index in [1.807, 2.05) is 6.07 Å². The Morgan fingerprint density at radius 3 is 3.00 bits per heavy atom. The second kappa shape index (κ2) is 4.66. The number of benzene rings is 1. The van der Waals surface area contributed by atoms with Crippen LogP contribution in [0.5, 0.6) is 0 Å². The van der Waals surface area contributed by atoms with E-state index >= 15 is 0 Å². The van der Waals surface area contributed by atoms with Gasteiger partial charge >= 0.3 is 0 Å². The minimum absolute atomic E-state index is 0.112. The lowest BCUT2D eigenvalue weighted by Crippen LogP contribution is -2.36. The number of fused-ring (bicyclic) bond motifs is 1. The van der Waals surface area contributed by atoms with Gasteiger partial charge in [-0.05, 0) is 17.5 Å². The van der Waals surface area contributed by atoms with Crippen LogP contribution in [0.3, 0.4) is 0 Å². The normalized spacial score (nSPS) is 21.7. The smallest absolute Gasteiger partial charge is 0.246 e. The summed E-state index contributed by atoms with van der Waals surface area (Å²) in [4.78, 5) is 24.4. The van der Waals surface area contributed by atoms with Gasteiger partial charge in [-0.1, -0.05) is 18.2 Å². The number of rotatable bonds is 3. The van der Waals surface area contributed by atoms with Gasteiger partial charge in [-0.3, -0.25) is 14.5 Å². The van der Waals surface area contributed by atoms with E-state index in [9.17, 15) is 9.59 Å². The van der Waals surface area contributed by atoms with E-state index < -0.39 is 0 Å². The van der Waals surface area contributed by atoms with Crippen LogP contribution in [0.15, 0.2) is 18.2 Å². The molecule has 3 rings (SSSR count). The Balaban J connectivity index is 1.69. The number of hydrogen-bond donors (Lipinski definition) is 2. The van der Waals surface area contributed by atoms with Crippen LogP contribution in [-0.4, -0.2) is 36.3 Å². The number of amides is 2. The van der Waals surface area contributed by atoms with Crippen molar-refractivity contribution in [1.29, 1.82) is 0 Å². The van der Waals surface area contributed by atoms with E-state index in [2.05, 4.69) is 22.8 Å². The van der Waals surface area contributed by atoms with E-state index in [4.69, 9.17) is 0 Å². The molecule has 1 unspecified atom stereocenters. The molecule has 2 heterocycles. The van der Waals surface area contributed by atoms with Gasteiger partial charge in [0.15, 0.2) is 0 Å². The van der Waals surface area contributed by atoms with Crippen LogP contribution in [0.4, 0.5) is 5.69 Å². The van der Waals surface area contributed by atoms with Crippen molar-refractivity contribution in [3.05, 3.63) is 29.3 Å². The minimum atomic E-state index is -0.380. The number of para-hydroxylation sites is 1. The summed E-state index contributed by atoms with van der Waals surface area (Å²) in [6, 6.07) is 5.83. The maximum atomic E-state index is 11.8. The predicted molar refractivity (Wildman–Crippen MR) is 71.7 cm³/mol. The highest BCUT2D eigenvalue weighted by molar-refractivity contribution is 6.05. The van der Waals surface area contributed by atoms with Crippen LogP contribution >= 0.6 is 0 Å². The average Bonchev–Trinajstić information content (AvgIpc) is 2.98. The fourth-order valence-electron chi connectivity index (χ4n) is 2.71. The fourth-order valence-corrected chi connectivity index (χ4v) is 2.71. The van der Waals surface area contributed by atoms with Gasteiger partial charge in [0.05, 0.1) is 12.5 Å². The van der Waals surface area contributed by atoms with E-state index in [1.165, 1.54) is 23.2 Å². The zero-order chi connectivity index (χ0) is 13.4. The maximum absolute atomic E-state index is 11.8. The Morgan fingerprint density at radius 2 is 2.26 bits per heavy atom. The quantitative estimate of drug-likeness (QED) is 0.776. The SMILES string of the molecule is CN1C(=O)CC(NCc2cccc3c2NCC3)C1=O. The fraction of sp³-hybridized carbons (Fsp3) is 0.429. The number of carbonyl (C=O) groups is 2. The summed E-state index contributed by atoms with van der Waals surface area (Å²) in [7, 11) is 1.54. The van der Waals surface area contributed by atoms with Crippen LogP contribution in [0.2, 0.25) is 0 Å². The van der Waals surface area contributed by atoms with Gasteiger partial charge in [0.1, 0.15) is 0 Å². The topological polar surface area (TPSA) is 61.4 Å². The van der Waals surface area contributed by atoms with Crippen molar-refractivity contribution in [2.75, 3.05) is 18.9 Å². The molecule has 19 heavy (non-hydrogen) atoms. The highest BCUT2D eigenvalue weighted by atomic mass is 16.2. The number of nitrogens with zero attached hydrogens (tertiary/aromatic N) is 1. The van der Waals surface area contributed by atoms with E-state index in [1.54, 1.807) is 0 Å². The number of likely N-dealkylation sites (N-methyl/N-ethyl adjacent to an activating group) is 1. The standard InChI is InChI=1S/C14H17N3O2/c1-17-12(18)7-11(14(17)19)16-8-10-4-2-3-9-5-6-15-13(9)10/h2-4,11,15-16H,5-8H2,1H3. The molecule has 0 bridgehead atoms. The summed E-state index contributed by atoms with van der Waals surface area (Å²) in [5, 5.41) is 6.56. The molecule has 1 aromatic carbocycles. The number of hydrogen-bond acceptors (Lipinski definition) is 4. The minimum Gasteiger partial charge on any atom is -0.384 e. The lowest BCUT2D eigenvalue weighted by atomic mass is 10.1. The molecule has 1 atom stereocenters. The molecule has 2 amide bonds. The molecule has 0 aliphatic carbocycles. The van der Waals surface area contributed by atoms with Crippen molar-refractivity contribution in [2.24, 2.45) is 0 Å². The summed E-state index contributed by atoms with van der Waals surface area (Å²) in [6.45, 7) is 1.57. The zero-order valence-electron chi connectivity index (χ0n) is 10.9. The monoisotopic (exact) mass is 259 g/mol. The highest BCUT2D eigenvalue weighted by Gasteiger charge is 2.35. The molecule has 100 valence electrons. The number of nitrogens with one attached hydrogen (secondary N) is 2. The van der Waals surface area contributed by atoms with Crippen molar-refractivity contribution >= 4 is 17.5 Å². The number of anilines is 1. The Bertz CT molecular complexity index is 541. The van der Waals surface area contributed by atoms with Crippen LogP contribution in [0.1, 0.15) is 17.5 Å². The second-order valence-corrected chi connectivity index (χ2v) is 5.06. The zero-order valence-corrected chi connectivity index (χ0v) is 10.9. The van der Waals surface area contributed by atoms with Gasteiger partial charge in [-0.25, -0.2) is 0 Å². The third kappa shape index (κ3) is 2.10.